The maximum atomic E-state index is 9.39. The highest BCUT2D eigenvalue weighted by Gasteiger charge is 2.08. The summed E-state index contributed by atoms with van der Waals surface area (Å²) in [5.74, 6) is 0.811. The van der Waals surface area contributed by atoms with E-state index in [9.17, 15) is 5.11 Å². The van der Waals surface area contributed by atoms with Crippen LogP contribution < -0.4 is 0 Å². The van der Waals surface area contributed by atoms with Crippen LogP contribution in [0.3, 0.4) is 0 Å². The van der Waals surface area contributed by atoms with Crippen molar-refractivity contribution in [2.45, 2.75) is 0 Å². The molecular weight excluding hydrogens is 268 g/mol. The van der Waals surface area contributed by atoms with Gasteiger partial charge in [-0.3, -0.25) is 0 Å². The Morgan fingerprint density at radius 3 is 2.89 bits per heavy atom. The van der Waals surface area contributed by atoms with Crippen molar-refractivity contribution in [1.82, 2.24) is 9.97 Å². The summed E-state index contributed by atoms with van der Waals surface area (Å²) < 4.78 is 0. The summed E-state index contributed by atoms with van der Waals surface area (Å²) in [6.45, 7) is 0. The molecule has 0 radical (unpaired) electrons. The lowest BCUT2D eigenvalue weighted by Gasteiger charge is -2.00. The number of H-pyrrole nitrogens is 1. The van der Waals surface area contributed by atoms with Crippen molar-refractivity contribution in [2.75, 3.05) is 0 Å². The molecule has 0 fully saturated rings. The van der Waals surface area contributed by atoms with E-state index in [1.165, 1.54) is 0 Å². The second-order valence-electron chi connectivity index (χ2n) is 3.79. The molecule has 3 rings (SSSR count). The summed E-state index contributed by atoms with van der Waals surface area (Å²) in [6.07, 6.45) is 1.79. The molecule has 3 aromatic rings. The summed E-state index contributed by atoms with van der Waals surface area (Å²) in [6, 6.07) is 9.06. The minimum Gasteiger partial charge on any atom is -0.506 e. The molecule has 0 bridgehead atoms. The molecule has 2 heterocycles. The van der Waals surface area contributed by atoms with Crippen molar-refractivity contribution in [3.63, 3.8) is 0 Å². The number of aromatic amines is 1. The Labute approximate surface area is 113 Å². The number of benzene rings is 1. The van der Waals surface area contributed by atoms with Gasteiger partial charge >= 0.3 is 0 Å². The zero-order valence-electron chi connectivity index (χ0n) is 9.22. The fraction of sp³-hybridized carbons (Fsp3) is 0. The fourth-order valence-electron chi connectivity index (χ4n) is 1.68. The van der Waals surface area contributed by atoms with E-state index >= 15 is 0 Å². The van der Waals surface area contributed by atoms with Crippen molar-refractivity contribution >= 4 is 22.9 Å². The topological polar surface area (TPSA) is 48.9 Å². The third-order valence-corrected chi connectivity index (χ3v) is 3.79. The molecule has 0 saturated carbocycles. The Kier molecular flexibility index (Phi) is 2.81. The number of aromatic hydroxyl groups is 1. The van der Waals surface area contributed by atoms with Crippen LogP contribution in [0.5, 0.6) is 5.75 Å². The number of nitrogens with one attached hydrogen (secondary N) is 1. The third kappa shape index (κ3) is 2.00. The number of rotatable bonds is 2. The molecule has 0 unspecified atom stereocenters. The highest BCUT2D eigenvalue weighted by atomic mass is 35.5. The van der Waals surface area contributed by atoms with Crippen molar-refractivity contribution in [3.8, 4) is 27.7 Å². The zero-order chi connectivity index (χ0) is 12.5. The summed E-state index contributed by atoms with van der Waals surface area (Å²) in [5, 5.41) is 11.7. The van der Waals surface area contributed by atoms with Gasteiger partial charge in [-0.15, -0.1) is 11.3 Å². The second kappa shape index (κ2) is 4.48. The number of hydrogen-bond donors (Lipinski definition) is 2. The first kappa shape index (κ1) is 11.3. The van der Waals surface area contributed by atoms with Crippen LogP contribution >= 0.6 is 22.9 Å². The largest absolute Gasteiger partial charge is 0.506 e. The molecule has 2 aromatic heterocycles. The molecule has 0 spiro atoms. The van der Waals surface area contributed by atoms with Gasteiger partial charge in [-0.2, -0.15) is 0 Å². The van der Waals surface area contributed by atoms with E-state index in [-0.39, 0.29) is 5.75 Å². The van der Waals surface area contributed by atoms with Crippen LogP contribution in [0.4, 0.5) is 0 Å². The van der Waals surface area contributed by atoms with Crippen LogP contribution in [0.15, 0.2) is 41.9 Å². The lowest BCUT2D eigenvalue weighted by molar-refractivity contribution is 0.475. The van der Waals surface area contributed by atoms with Crippen molar-refractivity contribution in [2.24, 2.45) is 0 Å². The van der Waals surface area contributed by atoms with Gasteiger partial charge in [0.2, 0.25) is 0 Å². The van der Waals surface area contributed by atoms with Gasteiger partial charge in [-0.25, -0.2) is 4.98 Å². The van der Waals surface area contributed by atoms with Gasteiger partial charge in [0.25, 0.3) is 0 Å². The van der Waals surface area contributed by atoms with Crippen LogP contribution in [0.1, 0.15) is 0 Å². The van der Waals surface area contributed by atoms with E-state index in [2.05, 4.69) is 9.97 Å². The van der Waals surface area contributed by atoms with Gasteiger partial charge in [0.05, 0.1) is 21.8 Å². The molecule has 0 saturated heterocycles. The lowest BCUT2D eigenvalue weighted by Crippen LogP contribution is -1.80. The number of halogens is 1. The molecule has 1 aromatic carbocycles. The monoisotopic (exact) mass is 276 g/mol. The van der Waals surface area contributed by atoms with Crippen LogP contribution in [0, 0.1) is 0 Å². The van der Waals surface area contributed by atoms with E-state index in [4.69, 9.17) is 11.6 Å². The van der Waals surface area contributed by atoms with Gasteiger partial charge in [0, 0.05) is 5.56 Å². The minimum absolute atomic E-state index is 0.0745. The van der Waals surface area contributed by atoms with Crippen LogP contribution in [0.25, 0.3) is 22.0 Å². The minimum atomic E-state index is 0.0745. The smallest absolute Gasteiger partial charge is 0.137 e. The van der Waals surface area contributed by atoms with Crippen LogP contribution in [-0.4, -0.2) is 15.1 Å². The molecule has 0 amide bonds. The van der Waals surface area contributed by atoms with Crippen molar-refractivity contribution in [1.29, 1.82) is 0 Å². The van der Waals surface area contributed by atoms with E-state index in [0.29, 0.717) is 5.02 Å². The number of thiophene rings is 1. The number of aromatic nitrogens is 2. The summed E-state index contributed by atoms with van der Waals surface area (Å²) in [4.78, 5) is 8.70. The average Bonchev–Trinajstić information content (AvgIpc) is 3.01. The van der Waals surface area contributed by atoms with Gasteiger partial charge in [0.15, 0.2) is 0 Å². The Morgan fingerprint density at radius 1 is 1.28 bits per heavy atom. The zero-order valence-corrected chi connectivity index (χ0v) is 10.8. The number of phenols is 1. The molecule has 18 heavy (non-hydrogen) atoms. The molecule has 0 aliphatic rings. The number of nitrogens with zero attached hydrogens (tertiary/aromatic N) is 1. The molecule has 5 heteroatoms. The summed E-state index contributed by atoms with van der Waals surface area (Å²) in [7, 11) is 0. The van der Waals surface area contributed by atoms with Gasteiger partial charge in [0.1, 0.15) is 11.6 Å². The molecule has 0 atom stereocenters. The molecule has 3 nitrogen and oxygen atoms in total. The first-order valence-corrected chi connectivity index (χ1v) is 6.57. The maximum absolute atomic E-state index is 9.39. The molecule has 0 aliphatic carbocycles. The second-order valence-corrected chi connectivity index (χ2v) is 5.14. The number of hydrogen-bond acceptors (Lipinski definition) is 3. The van der Waals surface area contributed by atoms with Crippen molar-refractivity contribution in [3.05, 3.63) is 46.9 Å². The van der Waals surface area contributed by atoms with Gasteiger partial charge in [-0.05, 0) is 29.6 Å². The number of phenolic OH excluding ortho intramolecular Hbond substituents is 1. The van der Waals surface area contributed by atoms with Crippen LogP contribution in [-0.2, 0) is 0 Å². The standard InChI is InChI=1S/C13H9ClN2OS/c14-9-6-8(3-4-11(9)17)13-15-7-10(16-13)12-2-1-5-18-12/h1-7,17H,(H,15,16). The van der Waals surface area contributed by atoms with E-state index in [1.807, 2.05) is 17.5 Å². The first-order chi connectivity index (χ1) is 8.74. The Hall–Kier alpha value is -1.78. The predicted octanol–water partition coefficient (Wildman–Crippen LogP) is 4.16. The SMILES string of the molecule is Oc1ccc(-c2ncc(-c3cccs3)[nH]2)cc1Cl. The molecular formula is C13H9ClN2OS. The van der Waals surface area contributed by atoms with E-state index in [1.54, 1.807) is 35.7 Å². The fourth-order valence-corrected chi connectivity index (χ4v) is 2.55. The number of imidazole rings is 1. The molecule has 0 aliphatic heterocycles. The maximum Gasteiger partial charge on any atom is 0.137 e. The molecule has 90 valence electrons. The molecule has 2 N–H and O–H groups in total. The van der Waals surface area contributed by atoms with E-state index in [0.717, 1.165) is 22.0 Å². The highest BCUT2D eigenvalue weighted by Crippen LogP contribution is 2.30. The lowest BCUT2D eigenvalue weighted by atomic mass is 10.2. The van der Waals surface area contributed by atoms with Crippen LogP contribution in [0.2, 0.25) is 5.02 Å². The average molecular weight is 277 g/mol. The third-order valence-electron chi connectivity index (χ3n) is 2.58. The van der Waals surface area contributed by atoms with Gasteiger partial charge in [-0.1, -0.05) is 17.7 Å². The Morgan fingerprint density at radius 2 is 2.17 bits per heavy atom. The summed E-state index contributed by atoms with van der Waals surface area (Å²) in [5.41, 5.74) is 1.82. The van der Waals surface area contributed by atoms with Crippen molar-refractivity contribution < 1.29 is 5.11 Å². The first-order valence-electron chi connectivity index (χ1n) is 5.32. The summed E-state index contributed by atoms with van der Waals surface area (Å²) >= 11 is 7.53. The predicted molar refractivity (Wildman–Crippen MR) is 74.0 cm³/mol. The Balaban J connectivity index is 2.00. The van der Waals surface area contributed by atoms with E-state index < -0.39 is 0 Å². The van der Waals surface area contributed by atoms with Gasteiger partial charge < -0.3 is 10.1 Å². The normalized spacial score (nSPS) is 10.7. The Bertz CT molecular complexity index is 676. The quantitative estimate of drug-likeness (QED) is 0.738. The highest BCUT2D eigenvalue weighted by molar-refractivity contribution is 7.13.